The predicted octanol–water partition coefficient (Wildman–Crippen LogP) is 2.97. The lowest BCUT2D eigenvalue weighted by Gasteiger charge is -2.09. The Morgan fingerprint density at radius 2 is 2.18 bits per heavy atom. The number of rotatable bonds is 6. The fourth-order valence-electron chi connectivity index (χ4n) is 1.40. The normalized spacial score (nSPS) is 14.8. The largest absolute Gasteiger partial charge is 0.475 e. The Hall–Kier alpha value is -1.39. The van der Waals surface area contributed by atoms with Crippen LogP contribution in [0.25, 0.3) is 0 Å². The molecule has 3 nitrogen and oxygen atoms in total. The quantitative estimate of drug-likeness (QED) is 0.832. The fourth-order valence-corrected chi connectivity index (χ4v) is 1.40. The number of hydrogen-bond donors (Lipinski definition) is 1. The molecule has 0 bridgehead atoms. The summed E-state index contributed by atoms with van der Waals surface area (Å²) in [5.74, 6) is -0.982. The number of halogens is 2. The molecule has 0 radical (unpaired) electrons. The van der Waals surface area contributed by atoms with E-state index in [4.69, 9.17) is 4.74 Å². The minimum atomic E-state index is -0.745. The van der Waals surface area contributed by atoms with Crippen molar-refractivity contribution in [2.45, 2.75) is 26.2 Å². The summed E-state index contributed by atoms with van der Waals surface area (Å²) in [7, 11) is 0. The van der Waals surface area contributed by atoms with Crippen LogP contribution in [0, 0.1) is 17.6 Å². The minimum Gasteiger partial charge on any atom is -0.475 e. The molecule has 1 aromatic rings. The van der Waals surface area contributed by atoms with E-state index in [1.54, 1.807) is 0 Å². The Labute approximate surface area is 99.2 Å². The van der Waals surface area contributed by atoms with Crippen molar-refractivity contribution in [3.05, 3.63) is 17.7 Å². The van der Waals surface area contributed by atoms with Crippen molar-refractivity contribution in [2.24, 2.45) is 5.92 Å². The first-order valence-corrected chi connectivity index (χ1v) is 5.93. The molecule has 0 aliphatic heterocycles. The van der Waals surface area contributed by atoms with Crippen molar-refractivity contribution in [2.75, 3.05) is 18.5 Å². The third-order valence-corrected chi connectivity index (χ3v) is 2.59. The number of hydrogen-bond acceptors (Lipinski definition) is 3. The van der Waals surface area contributed by atoms with Crippen LogP contribution in [0.15, 0.2) is 6.07 Å². The van der Waals surface area contributed by atoms with Crippen LogP contribution in [-0.2, 0) is 0 Å². The van der Waals surface area contributed by atoms with E-state index in [0.717, 1.165) is 25.3 Å². The highest BCUT2D eigenvalue weighted by Crippen LogP contribution is 2.30. The average molecular weight is 242 g/mol. The van der Waals surface area contributed by atoms with E-state index >= 15 is 0 Å². The van der Waals surface area contributed by atoms with Gasteiger partial charge in [-0.05, 0) is 25.2 Å². The summed E-state index contributed by atoms with van der Waals surface area (Å²) in [6.45, 7) is 3.01. The first-order chi connectivity index (χ1) is 8.20. The highest BCUT2D eigenvalue weighted by Gasteiger charge is 2.23. The van der Waals surface area contributed by atoms with Crippen LogP contribution < -0.4 is 10.1 Å². The molecular formula is C12H16F2N2O. The van der Waals surface area contributed by atoms with E-state index in [2.05, 4.69) is 10.3 Å². The highest BCUT2D eigenvalue weighted by atomic mass is 19.1. The molecular weight excluding hydrogens is 226 g/mol. The molecule has 1 aliphatic rings. The molecule has 0 saturated heterocycles. The van der Waals surface area contributed by atoms with Gasteiger partial charge in [-0.1, -0.05) is 6.92 Å². The molecule has 1 aromatic heterocycles. The zero-order valence-corrected chi connectivity index (χ0v) is 9.80. The smallest absolute Gasteiger partial charge is 0.252 e. The van der Waals surface area contributed by atoms with Gasteiger partial charge in [0.15, 0.2) is 17.5 Å². The van der Waals surface area contributed by atoms with Gasteiger partial charge >= 0.3 is 0 Å². The molecule has 94 valence electrons. The maximum atomic E-state index is 13.4. The van der Waals surface area contributed by atoms with Gasteiger partial charge < -0.3 is 10.1 Å². The predicted molar refractivity (Wildman–Crippen MR) is 61.2 cm³/mol. The lowest BCUT2D eigenvalue weighted by atomic mass is 10.4. The molecule has 2 rings (SSSR count). The van der Waals surface area contributed by atoms with Crippen molar-refractivity contribution in [1.29, 1.82) is 0 Å². The summed E-state index contributed by atoms with van der Waals surface area (Å²) in [4.78, 5) is 3.83. The molecule has 1 N–H and O–H groups in total. The fraction of sp³-hybridized carbons (Fsp3) is 0.583. The van der Waals surface area contributed by atoms with Gasteiger partial charge in [0.2, 0.25) is 0 Å². The van der Waals surface area contributed by atoms with Gasteiger partial charge in [-0.15, -0.1) is 0 Å². The molecule has 17 heavy (non-hydrogen) atoms. The monoisotopic (exact) mass is 242 g/mol. The molecule has 5 heteroatoms. The van der Waals surface area contributed by atoms with Gasteiger partial charge in [0.05, 0.1) is 6.61 Å². The molecule has 1 fully saturated rings. The third-order valence-electron chi connectivity index (χ3n) is 2.59. The molecule has 1 heterocycles. The standard InChI is InChI=1S/C12H16F2N2O/c1-2-5-15-11-9(13)6-10(14)12(16-11)17-7-8-3-4-8/h6,8H,2-5,7H2,1H3,(H,15,16). The summed E-state index contributed by atoms with van der Waals surface area (Å²) < 4.78 is 32.0. The highest BCUT2D eigenvalue weighted by molar-refractivity contribution is 5.39. The van der Waals surface area contributed by atoms with Crippen molar-refractivity contribution < 1.29 is 13.5 Å². The molecule has 1 saturated carbocycles. The van der Waals surface area contributed by atoms with E-state index in [9.17, 15) is 8.78 Å². The van der Waals surface area contributed by atoms with E-state index in [1.807, 2.05) is 6.92 Å². The second-order valence-corrected chi connectivity index (χ2v) is 4.29. The summed E-state index contributed by atoms with van der Waals surface area (Å²) in [5.41, 5.74) is 0. The lowest BCUT2D eigenvalue weighted by Crippen LogP contribution is -2.08. The second-order valence-electron chi connectivity index (χ2n) is 4.29. The molecule has 1 aliphatic carbocycles. The van der Waals surface area contributed by atoms with Gasteiger partial charge in [0.25, 0.3) is 5.88 Å². The summed E-state index contributed by atoms with van der Waals surface area (Å²) >= 11 is 0. The summed E-state index contributed by atoms with van der Waals surface area (Å²) in [5, 5.41) is 2.80. The van der Waals surface area contributed by atoms with Crippen LogP contribution >= 0.6 is 0 Å². The van der Waals surface area contributed by atoms with Crippen LogP contribution in [0.4, 0.5) is 14.6 Å². The average Bonchev–Trinajstić information content (AvgIpc) is 3.10. The molecule has 0 amide bonds. The van der Waals surface area contributed by atoms with Gasteiger partial charge in [-0.2, -0.15) is 4.98 Å². The van der Waals surface area contributed by atoms with Crippen LogP contribution in [0.3, 0.4) is 0 Å². The third kappa shape index (κ3) is 3.28. The number of anilines is 1. The van der Waals surface area contributed by atoms with Crippen molar-refractivity contribution in [3.63, 3.8) is 0 Å². The second kappa shape index (κ2) is 5.29. The summed E-state index contributed by atoms with van der Waals surface area (Å²) in [6.07, 6.45) is 3.07. The minimum absolute atomic E-state index is 0.0547. The van der Waals surface area contributed by atoms with E-state index < -0.39 is 11.6 Å². The summed E-state index contributed by atoms with van der Waals surface area (Å²) in [6, 6.07) is 0.813. The Morgan fingerprint density at radius 1 is 1.41 bits per heavy atom. The van der Waals surface area contributed by atoms with E-state index in [0.29, 0.717) is 19.1 Å². The number of aromatic nitrogens is 1. The van der Waals surface area contributed by atoms with Crippen LogP contribution in [-0.4, -0.2) is 18.1 Å². The number of pyridine rings is 1. The van der Waals surface area contributed by atoms with Crippen LogP contribution in [0.2, 0.25) is 0 Å². The SMILES string of the molecule is CCCNc1nc(OCC2CC2)c(F)cc1F. The van der Waals surface area contributed by atoms with Crippen molar-refractivity contribution in [3.8, 4) is 5.88 Å². The van der Waals surface area contributed by atoms with Crippen molar-refractivity contribution in [1.82, 2.24) is 4.98 Å². The first kappa shape index (κ1) is 12.1. The topological polar surface area (TPSA) is 34.2 Å². The zero-order valence-electron chi connectivity index (χ0n) is 9.80. The Kier molecular flexibility index (Phi) is 3.76. The first-order valence-electron chi connectivity index (χ1n) is 5.93. The Morgan fingerprint density at radius 3 is 2.82 bits per heavy atom. The molecule has 0 atom stereocenters. The van der Waals surface area contributed by atoms with Crippen LogP contribution in [0.1, 0.15) is 26.2 Å². The molecule has 0 spiro atoms. The number of ether oxygens (including phenoxy) is 1. The van der Waals surface area contributed by atoms with E-state index in [-0.39, 0.29) is 11.7 Å². The maximum Gasteiger partial charge on any atom is 0.252 e. The molecule has 0 unspecified atom stereocenters. The van der Waals surface area contributed by atoms with Gasteiger partial charge in [-0.25, -0.2) is 8.78 Å². The molecule has 0 aromatic carbocycles. The van der Waals surface area contributed by atoms with E-state index in [1.165, 1.54) is 0 Å². The maximum absolute atomic E-state index is 13.4. The zero-order chi connectivity index (χ0) is 12.3. The Balaban J connectivity index is 2.06. The number of nitrogens with one attached hydrogen (secondary N) is 1. The lowest BCUT2D eigenvalue weighted by molar-refractivity contribution is 0.272. The number of nitrogens with zero attached hydrogens (tertiary/aromatic N) is 1. The van der Waals surface area contributed by atoms with Gasteiger partial charge in [0.1, 0.15) is 0 Å². The van der Waals surface area contributed by atoms with Crippen LogP contribution in [0.5, 0.6) is 5.88 Å². The Bertz CT molecular complexity index is 394. The van der Waals surface area contributed by atoms with Crippen molar-refractivity contribution >= 4 is 5.82 Å². The van der Waals surface area contributed by atoms with Gasteiger partial charge in [0, 0.05) is 12.6 Å². The van der Waals surface area contributed by atoms with Gasteiger partial charge in [-0.3, -0.25) is 0 Å².